The molecule has 4 nitrogen and oxygen atoms in total. The van der Waals surface area contributed by atoms with Gasteiger partial charge in [0.05, 0.1) is 0 Å². The highest BCUT2D eigenvalue weighted by Crippen LogP contribution is 2.26. The highest BCUT2D eigenvalue weighted by molar-refractivity contribution is 5.76. The molecule has 100 valence electrons. The Morgan fingerprint density at radius 3 is 2.89 bits per heavy atom. The maximum Gasteiger partial charge on any atom is 0.242 e. The molecule has 1 aliphatic carbocycles. The minimum atomic E-state index is 0.235. The van der Waals surface area contributed by atoms with Gasteiger partial charge in [-0.1, -0.05) is 0 Å². The SMILES string of the molecule is CCN(C(=O)Cn1ccc(C(C)NC)c1)C1CC1. The van der Waals surface area contributed by atoms with Crippen LogP contribution in [0.15, 0.2) is 18.5 Å². The van der Waals surface area contributed by atoms with Gasteiger partial charge in [-0.05, 0) is 45.4 Å². The number of hydrogen-bond acceptors (Lipinski definition) is 2. The number of rotatable bonds is 6. The molecule has 1 amide bonds. The lowest BCUT2D eigenvalue weighted by Gasteiger charge is -2.20. The predicted molar refractivity (Wildman–Crippen MR) is 72.3 cm³/mol. The van der Waals surface area contributed by atoms with Crippen LogP contribution in [0.1, 0.15) is 38.3 Å². The second-order valence-electron chi connectivity index (χ2n) is 5.04. The Kier molecular flexibility index (Phi) is 4.07. The monoisotopic (exact) mass is 249 g/mol. The molecule has 0 aliphatic heterocycles. The van der Waals surface area contributed by atoms with Gasteiger partial charge in [0.1, 0.15) is 6.54 Å². The van der Waals surface area contributed by atoms with Crippen molar-refractivity contribution in [3.8, 4) is 0 Å². The number of likely N-dealkylation sites (N-methyl/N-ethyl adjacent to an activating group) is 1. The summed E-state index contributed by atoms with van der Waals surface area (Å²) in [6, 6.07) is 2.91. The van der Waals surface area contributed by atoms with E-state index in [1.54, 1.807) is 0 Å². The highest BCUT2D eigenvalue weighted by atomic mass is 16.2. The molecule has 1 fully saturated rings. The van der Waals surface area contributed by atoms with E-state index in [4.69, 9.17) is 0 Å². The molecule has 1 heterocycles. The normalized spacial score (nSPS) is 16.6. The van der Waals surface area contributed by atoms with Crippen molar-refractivity contribution in [2.45, 2.75) is 45.3 Å². The molecule has 1 saturated carbocycles. The Bertz CT molecular complexity index is 409. The van der Waals surface area contributed by atoms with Crippen LogP contribution in [0.3, 0.4) is 0 Å². The lowest BCUT2D eigenvalue weighted by atomic mass is 10.2. The molecule has 1 aromatic rings. The first kappa shape index (κ1) is 13.1. The summed E-state index contributed by atoms with van der Waals surface area (Å²) in [5.74, 6) is 0.235. The van der Waals surface area contributed by atoms with Crippen LogP contribution in [0.2, 0.25) is 0 Å². The quantitative estimate of drug-likeness (QED) is 0.834. The molecule has 18 heavy (non-hydrogen) atoms. The number of carbonyl (C=O) groups is 1. The third kappa shape index (κ3) is 2.93. The Labute approximate surface area is 109 Å². The van der Waals surface area contributed by atoms with Gasteiger partial charge in [-0.2, -0.15) is 0 Å². The molecular weight excluding hydrogens is 226 g/mol. The van der Waals surface area contributed by atoms with Crippen LogP contribution in [0.5, 0.6) is 0 Å². The average Bonchev–Trinajstić information content (AvgIpc) is 3.08. The van der Waals surface area contributed by atoms with E-state index in [-0.39, 0.29) is 5.91 Å². The second kappa shape index (κ2) is 5.57. The summed E-state index contributed by atoms with van der Waals surface area (Å²) in [6.07, 6.45) is 6.39. The molecule has 0 aromatic carbocycles. The van der Waals surface area contributed by atoms with Crippen LogP contribution in [0, 0.1) is 0 Å². The van der Waals surface area contributed by atoms with Gasteiger partial charge in [-0.15, -0.1) is 0 Å². The Morgan fingerprint density at radius 1 is 1.61 bits per heavy atom. The van der Waals surface area contributed by atoms with Gasteiger partial charge in [0, 0.05) is 31.0 Å². The minimum Gasteiger partial charge on any atom is -0.345 e. The van der Waals surface area contributed by atoms with Crippen LogP contribution in [-0.2, 0) is 11.3 Å². The summed E-state index contributed by atoms with van der Waals surface area (Å²) in [5.41, 5.74) is 1.22. The largest absolute Gasteiger partial charge is 0.345 e. The van der Waals surface area contributed by atoms with Gasteiger partial charge >= 0.3 is 0 Å². The van der Waals surface area contributed by atoms with Gasteiger partial charge in [0.15, 0.2) is 0 Å². The topological polar surface area (TPSA) is 37.3 Å². The van der Waals surface area contributed by atoms with E-state index in [1.165, 1.54) is 18.4 Å². The van der Waals surface area contributed by atoms with Crippen molar-refractivity contribution in [1.29, 1.82) is 0 Å². The summed E-state index contributed by atoms with van der Waals surface area (Å²) in [7, 11) is 1.94. The fourth-order valence-electron chi connectivity index (χ4n) is 2.25. The van der Waals surface area contributed by atoms with Crippen LogP contribution < -0.4 is 5.32 Å². The van der Waals surface area contributed by atoms with Crippen molar-refractivity contribution in [2.75, 3.05) is 13.6 Å². The molecule has 1 unspecified atom stereocenters. The first-order chi connectivity index (χ1) is 8.65. The van der Waals surface area contributed by atoms with Crippen LogP contribution >= 0.6 is 0 Å². The standard InChI is InChI=1S/C14H23N3O/c1-4-17(13-5-6-13)14(18)10-16-8-7-12(9-16)11(2)15-3/h7-9,11,13,15H,4-6,10H2,1-3H3. The summed E-state index contributed by atoms with van der Waals surface area (Å²) in [6.45, 7) is 5.45. The Morgan fingerprint density at radius 2 is 2.33 bits per heavy atom. The van der Waals surface area contributed by atoms with Crippen molar-refractivity contribution < 1.29 is 4.79 Å². The summed E-state index contributed by atoms with van der Waals surface area (Å²) in [5, 5.41) is 3.20. The van der Waals surface area contributed by atoms with E-state index in [2.05, 4.69) is 31.4 Å². The maximum absolute atomic E-state index is 12.2. The van der Waals surface area contributed by atoms with Gasteiger partial charge in [0.25, 0.3) is 0 Å². The van der Waals surface area contributed by atoms with Crippen LogP contribution in [0.25, 0.3) is 0 Å². The fraction of sp³-hybridized carbons (Fsp3) is 0.643. The molecule has 0 saturated heterocycles. The van der Waals surface area contributed by atoms with E-state index in [9.17, 15) is 4.79 Å². The zero-order chi connectivity index (χ0) is 13.1. The van der Waals surface area contributed by atoms with E-state index >= 15 is 0 Å². The lowest BCUT2D eigenvalue weighted by molar-refractivity contribution is -0.132. The molecule has 1 atom stereocenters. The van der Waals surface area contributed by atoms with Gasteiger partial charge in [-0.3, -0.25) is 4.79 Å². The molecule has 1 N–H and O–H groups in total. The van der Waals surface area contributed by atoms with Crippen LogP contribution in [0.4, 0.5) is 0 Å². The number of hydrogen-bond donors (Lipinski definition) is 1. The van der Waals surface area contributed by atoms with Gasteiger partial charge < -0.3 is 14.8 Å². The van der Waals surface area contributed by atoms with Gasteiger partial charge in [0.2, 0.25) is 5.91 Å². The lowest BCUT2D eigenvalue weighted by Crippen LogP contribution is -2.35. The van der Waals surface area contributed by atoms with Crippen molar-refractivity contribution in [1.82, 2.24) is 14.8 Å². The van der Waals surface area contributed by atoms with Crippen molar-refractivity contribution in [3.63, 3.8) is 0 Å². The van der Waals surface area contributed by atoms with Crippen molar-refractivity contribution >= 4 is 5.91 Å². The summed E-state index contributed by atoms with van der Waals surface area (Å²) >= 11 is 0. The number of carbonyl (C=O) groups excluding carboxylic acids is 1. The Balaban J connectivity index is 1.96. The van der Waals surface area contributed by atoms with Crippen molar-refractivity contribution in [3.05, 3.63) is 24.0 Å². The fourth-order valence-corrected chi connectivity index (χ4v) is 2.25. The van der Waals surface area contributed by atoms with E-state index < -0.39 is 0 Å². The summed E-state index contributed by atoms with van der Waals surface area (Å²) in [4.78, 5) is 14.2. The zero-order valence-electron chi connectivity index (χ0n) is 11.5. The zero-order valence-corrected chi connectivity index (χ0v) is 11.5. The smallest absolute Gasteiger partial charge is 0.242 e. The van der Waals surface area contributed by atoms with E-state index in [0.29, 0.717) is 18.6 Å². The predicted octanol–water partition coefficient (Wildman–Crippen LogP) is 1.78. The molecule has 0 spiro atoms. The third-order valence-electron chi connectivity index (χ3n) is 3.67. The van der Waals surface area contributed by atoms with Crippen LogP contribution in [-0.4, -0.2) is 35.0 Å². The summed E-state index contributed by atoms with van der Waals surface area (Å²) < 4.78 is 1.98. The maximum atomic E-state index is 12.2. The number of amides is 1. The average molecular weight is 249 g/mol. The first-order valence-corrected chi connectivity index (χ1v) is 6.78. The van der Waals surface area contributed by atoms with Crippen molar-refractivity contribution in [2.24, 2.45) is 0 Å². The first-order valence-electron chi connectivity index (χ1n) is 6.78. The molecule has 4 heteroatoms. The molecular formula is C14H23N3O. The number of aromatic nitrogens is 1. The molecule has 0 bridgehead atoms. The minimum absolute atomic E-state index is 0.235. The van der Waals surface area contributed by atoms with Gasteiger partial charge in [-0.25, -0.2) is 0 Å². The van der Waals surface area contributed by atoms with E-state index in [1.807, 2.05) is 22.7 Å². The highest BCUT2D eigenvalue weighted by Gasteiger charge is 2.31. The molecule has 1 aliphatic rings. The Hall–Kier alpha value is -1.29. The molecule has 2 rings (SSSR count). The number of nitrogens with one attached hydrogen (secondary N) is 1. The molecule has 0 radical (unpaired) electrons. The third-order valence-corrected chi connectivity index (χ3v) is 3.67. The second-order valence-corrected chi connectivity index (χ2v) is 5.04. The number of nitrogens with zero attached hydrogens (tertiary/aromatic N) is 2. The van der Waals surface area contributed by atoms with E-state index in [0.717, 1.165) is 6.54 Å². The molecule has 1 aromatic heterocycles.